The van der Waals surface area contributed by atoms with E-state index in [0.29, 0.717) is 6.04 Å². The number of nitrogens with one attached hydrogen (secondary N) is 2. The Balaban J connectivity index is 0.00000364. The van der Waals surface area contributed by atoms with Crippen LogP contribution in [-0.2, 0) is 4.79 Å². The molecule has 1 aromatic rings. The van der Waals surface area contributed by atoms with Gasteiger partial charge in [-0.1, -0.05) is 25.5 Å². The molecule has 1 aromatic carbocycles. The number of carbonyl (C=O) groups is 1. The molecule has 1 heterocycles. The number of aliphatic imine (C=N–C) groups is 1. The van der Waals surface area contributed by atoms with Crippen LogP contribution in [0.2, 0.25) is 0 Å². The smallest absolute Gasteiger partial charge is 0.243 e. The molecule has 0 spiro atoms. The number of likely N-dealkylation sites (N-methyl/N-ethyl adjacent to an activating group) is 1. The highest BCUT2D eigenvalue weighted by molar-refractivity contribution is 14.0. The summed E-state index contributed by atoms with van der Waals surface area (Å²) in [5.74, 6) is 0.732. The Morgan fingerprint density at radius 3 is 2.78 bits per heavy atom. The van der Waals surface area contributed by atoms with Crippen molar-refractivity contribution in [1.82, 2.24) is 15.5 Å². The van der Waals surface area contributed by atoms with Crippen molar-refractivity contribution in [2.45, 2.75) is 32.2 Å². The number of nitrogens with zero attached hydrogens (tertiary/aromatic N) is 3. The molecular weight excluding hydrogens is 521 g/mol. The average Bonchev–Trinajstić information content (AvgIpc) is 3.08. The van der Waals surface area contributed by atoms with E-state index in [2.05, 4.69) is 61.6 Å². The molecule has 27 heavy (non-hydrogen) atoms. The fourth-order valence-corrected chi connectivity index (χ4v) is 3.36. The van der Waals surface area contributed by atoms with Crippen molar-refractivity contribution in [3.05, 3.63) is 28.7 Å². The van der Waals surface area contributed by atoms with Crippen LogP contribution in [0.1, 0.15) is 26.2 Å². The third-order valence-corrected chi connectivity index (χ3v) is 5.09. The van der Waals surface area contributed by atoms with Crippen molar-refractivity contribution in [2.24, 2.45) is 4.99 Å². The zero-order valence-corrected chi connectivity index (χ0v) is 20.3. The summed E-state index contributed by atoms with van der Waals surface area (Å²) in [5, 5.41) is 6.85. The topological polar surface area (TPSA) is 60.0 Å². The highest BCUT2D eigenvalue weighted by Gasteiger charge is 2.24. The van der Waals surface area contributed by atoms with Gasteiger partial charge < -0.3 is 20.4 Å². The van der Waals surface area contributed by atoms with Gasteiger partial charge in [0, 0.05) is 44.2 Å². The van der Waals surface area contributed by atoms with Crippen molar-refractivity contribution in [1.29, 1.82) is 0 Å². The second kappa shape index (κ2) is 12.4. The average molecular weight is 552 g/mol. The Hall–Kier alpha value is -1.03. The fourth-order valence-electron chi connectivity index (χ4n) is 2.82. The van der Waals surface area contributed by atoms with Crippen LogP contribution in [0.3, 0.4) is 0 Å². The van der Waals surface area contributed by atoms with Gasteiger partial charge in [0.15, 0.2) is 5.96 Å². The van der Waals surface area contributed by atoms with E-state index < -0.39 is 0 Å². The SMILES string of the molecule is CCCCNC(=NCC(=O)N(C)C)NC1CCN(c2ccccc2Br)C1.I. The summed E-state index contributed by atoms with van der Waals surface area (Å²) in [5.41, 5.74) is 1.22. The zero-order chi connectivity index (χ0) is 18.9. The van der Waals surface area contributed by atoms with Gasteiger partial charge in [-0.25, -0.2) is 4.99 Å². The van der Waals surface area contributed by atoms with Gasteiger partial charge >= 0.3 is 0 Å². The number of unbranched alkanes of at least 4 members (excludes halogenated alkanes) is 1. The first-order chi connectivity index (χ1) is 12.5. The van der Waals surface area contributed by atoms with E-state index in [1.165, 1.54) is 5.69 Å². The van der Waals surface area contributed by atoms with Gasteiger partial charge in [0.2, 0.25) is 5.91 Å². The van der Waals surface area contributed by atoms with Crippen LogP contribution < -0.4 is 15.5 Å². The number of anilines is 1. The lowest BCUT2D eigenvalue weighted by Gasteiger charge is -2.21. The molecule has 8 heteroatoms. The normalized spacial score (nSPS) is 16.7. The summed E-state index contributed by atoms with van der Waals surface area (Å²) in [7, 11) is 3.50. The number of halogens is 2. The standard InChI is InChI=1S/C19H30BrN5O.HI/c1-4-5-11-21-19(22-13-18(26)24(2)3)23-15-10-12-25(14-15)17-9-7-6-8-16(17)20;/h6-9,15H,4-5,10-14H2,1-3H3,(H2,21,22,23);1H. The molecule has 0 aromatic heterocycles. The molecule has 1 amide bonds. The maximum Gasteiger partial charge on any atom is 0.243 e. The lowest BCUT2D eigenvalue weighted by atomic mass is 10.2. The molecule has 0 bridgehead atoms. The Morgan fingerprint density at radius 1 is 1.37 bits per heavy atom. The number of amides is 1. The molecule has 1 atom stereocenters. The minimum Gasteiger partial charge on any atom is -0.368 e. The molecule has 0 aliphatic carbocycles. The first kappa shape index (κ1) is 24.0. The van der Waals surface area contributed by atoms with Crippen molar-refractivity contribution in [3.63, 3.8) is 0 Å². The maximum absolute atomic E-state index is 11.8. The van der Waals surface area contributed by atoms with Gasteiger partial charge in [-0.15, -0.1) is 24.0 Å². The van der Waals surface area contributed by atoms with E-state index in [1.54, 1.807) is 19.0 Å². The molecule has 1 unspecified atom stereocenters. The largest absolute Gasteiger partial charge is 0.368 e. The van der Waals surface area contributed by atoms with Gasteiger partial charge in [0.1, 0.15) is 6.54 Å². The molecule has 152 valence electrons. The summed E-state index contributed by atoms with van der Waals surface area (Å²) in [6.45, 7) is 5.10. The molecule has 1 fully saturated rings. The highest BCUT2D eigenvalue weighted by atomic mass is 127. The third-order valence-electron chi connectivity index (χ3n) is 4.42. The summed E-state index contributed by atoms with van der Waals surface area (Å²) < 4.78 is 1.12. The summed E-state index contributed by atoms with van der Waals surface area (Å²) >= 11 is 3.63. The number of hydrogen-bond acceptors (Lipinski definition) is 3. The van der Waals surface area contributed by atoms with Crippen molar-refractivity contribution in [2.75, 3.05) is 45.2 Å². The van der Waals surface area contributed by atoms with E-state index in [0.717, 1.165) is 49.3 Å². The molecule has 2 rings (SSSR count). The van der Waals surface area contributed by atoms with Crippen molar-refractivity contribution < 1.29 is 4.79 Å². The van der Waals surface area contributed by atoms with Gasteiger partial charge in [-0.05, 0) is 40.9 Å². The minimum atomic E-state index is 0. The van der Waals surface area contributed by atoms with Crippen LogP contribution in [0.4, 0.5) is 5.69 Å². The number of rotatable bonds is 7. The first-order valence-corrected chi connectivity index (χ1v) is 10.0. The molecule has 0 saturated carbocycles. The van der Waals surface area contributed by atoms with E-state index >= 15 is 0 Å². The fraction of sp³-hybridized carbons (Fsp3) is 0.579. The van der Waals surface area contributed by atoms with Crippen molar-refractivity contribution in [3.8, 4) is 0 Å². The van der Waals surface area contributed by atoms with Gasteiger partial charge in [-0.3, -0.25) is 4.79 Å². The quantitative estimate of drug-likeness (QED) is 0.237. The molecule has 1 aliphatic rings. The van der Waals surface area contributed by atoms with E-state index in [4.69, 9.17) is 0 Å². The second-order valence-corrected chi connectivity index (χ2v) is 7.62. The molecule has 0 radical (unpaired) electrons. The first-order valence-electron chi connectivity index (χ1n) is 9.25. The summed E-state index contributed by atoms with van der Waals surface area (Å²) in [6.07, 6.45) is 3.24. The Labute approximate surface area is 188 Å². The van der Waals surface area contributed by atoms with Gasteiger partial charge in [0.05, 0.1) is 5.69 Å². The number of carbonyl (C=O) groups excluding carboxylic acids is 1. The van der Waals surface area contributed by atoms with Crippen molar-refractivity contribution >= 4 is 57.5 Å². The van der Waals surface area contributed by atoms with Crippen LogP contribution in [0.5, 0.6) is 0 Å². The number of benzene rings is 1. The lowest BCUT2D eigenvalue weighted by Crippen LogP contribution is -2.45. The Morgan fingerprint density at radius 2 is 2.11 bits per heavy atom. The van der Waals surface area contributed by atoms with Crippen LogP contribution in [0.25, 0.3) is 0 Å². The predicted octanol–water partition coefficient (Wildman–Crippen LogP) is 3.07. The molecular formula is C19H31BrIN5O. The summed E-state index contributed by atoms with van der Waals surface area (Å²) in [4.78, 5) is 20.2. The third kappa shape index (κ3) is 7.85. The predicted molar refractivity (Wildman–Crippen MR) is 127 cm³/mol. The van der Waals surface area contributed by atoms with E-state index in [-0.39, 0.29) is 36.4 Å². The monoisotopic (exact) mass is 551 g/mol. The second-order valence-electron chi connectivity index (χ2n) is 6.76. The van der Waals surface area contributed by atoms with Gasteiger partial charge in [0.25, 0.3) is 0 Å². The molecule has 1 saturated heterocycles. The summed E-state index contributed by atoms with van der Waals surface area (Å²) in [6, 6.07) is 8.61. The molecule has 2 N–H and O–H groups in total. The Kier molecular flexibility index (Phi) is 11.1. The van der Waals surface area contributed by atoms with E-state index in [9.17, 15) is 4.79 Å². The number of hydrogen-bond donors (Lipinski definition) is 2. The molecule has 1 aliphatic heterocycles. The number of para-hydroxylation sites is 1. The number of guanidine groups is 1. The zero-order valence-electron chi connectivity index (χ0n) is 16.4. The lowest BCUT2D eigenvalue weighted by molar-refractivity contribution is -0.127. The highest BCUT2D eigenvalue weighted by Crippen LogP contribution is 2.28. The van der Waals surface area contributed by atoms with E-state index in [1.807, 2.05) is 6.07 Å². The van der Waals surface area contributed by atoms with Crippen LogP contribution in [0, 0.1) is 0 Å². The maximum atomic E-state index is 11.8. The molecule has 6 nitrogen and oxygen atoms in total. The van der Waals surface area contributed by atoms with Crippen LogP contribution in [0.15, 0.2) is 33.7 Å². The van der Waals surface area contributed by atoms with Crippen LogP contribution in [-0.4, -0.2) is 63.1 Å². The minimum absolute atomic E-state index is 0. The van der Waals surface area contributed by atoms with Gasteiger partial charge in [-0.2, -0.15) is 0 Å². The van der Waals surface area contributed by atoms with Crippen LogP contribution >= 0.6 is 39.9 Å². The Bertz CT molecular complexity index is 626.